The lowest BCUT2D eigenvalue weighted by Gasteiger charge is -2.04. The highest BCUT2D eigenvalue weighted by Crippen LogP contribution is 2.05. The molecule has 0 aliphatic rings. The minimum atomic E-state index is 0.533. The van der Waals surface area contributed by atoms with E-state index in [1.807, 2.05) is 6.92 Å². The van der Waals surface area contributed by atoms with Crippen molar-refractivity contribution in [1.29, 1.82) is 0 Å². The molecule has 1 heterocycles. The van der Waals surface area contributed by atoms with Crippen LogP contribution in [0.3, 0.4) is 0 Å². The zero-order chi connectivity index (χ0) is 9.52. The van der Waals surface area contributed by atoms with Crippen molar-refractivity contribution in [3.63, 3.8) is 0 Å². The van der Waals surface area contributed by atoms with E-state index < -0.39 is 0 Å². The molecule has 1 aromatic heterocycles. The summed E-state index contributed by atoms with van der Waals surface area (Å²) in [7, 11) is 1.64. The first kappa shape index (κ1) is 9.92. The zero-order valence-corrected chi connectivity index (χ0v) is 7.99. The summed E-state index contributed by atoms with van der Waals surface area (Å²) in [6.07, 6.45) is 4.21. The molecule has 0 amide bonds. The fourth-order valence-electron chi connectivity index (χ4n) is 0.843. The van der Waals surface area contributed by atoms with Gasteiger partial charge in [-0.15, -0.1) is 0 Å². The topological polar surface area (TPSA) is 44.2 Å². The Bertz CT molecular complexity index is 236. The Balaban J connectivity index is 2.40. The Morgan fingerprint density at radius 1 is 1.23 bits per heavy atom. The van der Waals surface area contributed by atoms with Crippen molar-refractivity contribution in [2.45, 2.75) is 13.3 Å². The number of aromatic nitrogens is 2. The Hall–Kier alpha value is -1.16. The Morgan fingerprint density at radius 3 is 2.46 bits per heavy atom. The molecule has 4 nitrogen and oxygen atoms in total. The van der Waals surface area contributed by atoms with Gasteiger partial charge in [-0.1, -0.05) is 6.92 Å². The maximum atomic E-state index is 5.30. The SMILES string of the molecule is CCc1ncc(OCCOC)cn1. The Kier molecular flexibility index (Phi) is 4.18. The molecule has 0 saturated heterocycles. The molecule has 0 atom stereocenters. The first-order valence-electron chi connectivity index (χ1n) is 4.29. The molecule has 0 N–H and O–H groups in total. The smallest absolute Gasteiger partial charge is 0.156 e. The second-order valence-electron chi connectivity index (χ2n) is 2.53. The van der Waals surface area contributed by atoms with Crippen LogP contribution in [0.1, 0.15) is 12.7 Å². The predicted octanol–water partition coefficient (Wildman–Crippen LogP) is 1.06. The lowest BCUT2D eigenvalue weighted by Crippen LogP contribution is -2.05. The van der Waals surface area contributed by atoms with E-state index in [1.54, 1.807) is 19.5 Å². The first-order valence-corrected chi connectivity index (χ1v) is 4.29. The standard InChI is InChI=1S/C9H14N2O2/c1-3-9-10-6-8(7-11-9)13-5-4-12-2/h6-7H,3-5H2,1-2H3. The van der Waals surface area contributed by atoms with Crippen molar-refractivity contribution in [2.24, 2.45) is 0 Å². The lowest BCUT2D eigenvalue weighted by atomic mass is 10.4. The second kappa shape index (κ2) is 5.48. The van der Waals surface area contributed by atoms with E-state index in [9.17, 15) is 0 Å². The molecule has 0 spiro atoms. The number of hydrogen-bond donors (Lipinski definition) is 0. The van der Waals surface area contributed by atoms with Crippen LogP contribution in [0.15, 0.2) is 12.4 Å². The van der Waals surface area contributed by atoms with Crippen molar-refractivity contribution >= 4 is 0 Å². The fourth-order valence-corrected chi connectivity index (χ4v) is 0.843. The minimum absolute atomic E-state index is 0.533. The van der Waals surface area contributed by atoms with Crippen LogP contribution < -0.4 is 4.74 Å². The number of nitrogens with zero attached hydrogens (tertiary/aromatic N) is 2. The summed E-state index contributed by atoms with van der Waals surface area (Å²) in [5.41, 5.74) is 0. The predicted molar refractivity (Wildman–Crippen MR) is 48.8 cm³/mol. The van der Waals surface area contributed by atoms with E-state index >= 15 is 0 Å². The molecule has 0 aliphatic carbocycles. The van der Waals surface area contributed by atoms with Crippen LogP contribution in [-0.2, 0) is 11.2 Å². The second-order valence-corrected chi connectivity index (χ2v) is 2.53. The maximum absolute atomic E-state index is 5.30. The van der Waals surface area contributed by atoms with Crippen LogP contribution in [0, 0.1) is 0 Å². The quantitative estimate of drug-likeness (QED) is 0.639. The van der Waals surface area contributed by atoms with Crippen LogP contribution in [-0.4, -0.2) is 30.3 Å². The number of methoxy groups -OCH3 is 1. The molecule has 0 bridgehead atoms. The van der Waals surface area contributed by atoms with Gasteiger partial charge in [-0.3, -0.25) is 0 Å². The third kappa shape index (κ3) is 3.38. The van der Waals surface area contributed by atoms with Gasteiger partial charge in [0.05, 0.1) is 19.0 Å². The third-order valence-electron chi connectivity index (χ3n) is 1.55. The van der Waals surface area contributed by atoms with Crippen LogP contribution in [0.25, 0.3) is 0 Å². The molecule has 0 saturated carbocycles. The fraction of sp³-hybridized carbons (Fsp3) is 0.556. The molecule has 1 aromatic rings. The first-order chi connectivity index (χ1) is 6.36. The lowest BCUT2D eigenvalue weighted by molar-refractivity contribution is 0.146. The van der Waals surface area contributed by atoms with Crippen molar-refractivity contribution < 1.29 is 9.47 Å². The van der Waals surface area contributed by atoms with Gasteiger partial charge in [0.2, 0.25) is 0 Å². The van der Waals surface area contributed by atoms with E-state index in [-0.39, 0.29) is 0 Å². The molecule has 0 aromatic carbocycles. The van der Waals surface area contributed by atoms with Gasteiger partial charge in [0, 0.05) is 13.5 Å². The molecule has 72 valence electrons. The van der Waals surface area contributed by atoms with E-state index in [2.05, 4.69) is 9.97 Å². The number of aryl methyl sites for hydroxylation is 1. The summed E-state index contributed by atoms with van der Waals surface area (Å²) >= 11 is 0. The summed E-state index contributed by atoms with van der Waals surface area (Å²) in [6.45, 7) is 3.13. The highest BCUT2D eigenvalue weighted by atomic mass is 16.5. The Labute approximate surface area is 77.9 Å². The Morgan fingerprint density at radius 2 is 1.92 bits per heavy atom. The monoisotopic (exact) mass is 182 g/mol. The van der Waals surface area contributed by atoms with E-state index in [1.165, 1.54) is 0 Å². The largest absolute Gasteiger partial charge is 0.488 e. The van der Waals surface area contributed by atoms with Crippen molar-refractivity contribution in [1.82, 2.24) is 9.97 Å². The van der Waals surface area contributed by atoms with Gasteiger partial charge >= 0.3 is 0 Å². The highest BCUT2D eigenvalue weighted by molar-refractivity contribution is 5.12. The van der Waals surface area contributed by atoms with Gasteiger partial charge in [0.15, 0.2) is 5.75 Å². The average Bonchev–Trinajstić information content (AvgIpc) is 2.19. The molecule has 4 heteroatoms. The molecule has 13 heavy (non-hydrogen) atoms. The van der Waals surface area contributed by atoms with E-state index in [0.717, 1.165) is 12.2 Å². The normalized spacial score (nSPS) is 10.0. The van der Waals surface area contributed by atoms with E-state index in [4.69, 9.17) is 9.47 Å². The van der Waals surface area contributed by atoms with Gasteiger partial charge in [0.1, 0.15) is 12.4 Å². The molecular formula is C9H14N2O2. The van der Waals surface area contributed by atoms with Crippen LogP contribution in [0.4, 0.5) is 0 Å². The number of hydrogen-bond acceptors (Lipinski definition) is 4. The molecule has 1 rings (SSSR count). The van der Waals surface area contributed by atoms with Gasteiger partial charge < -0.3 is 9.47 Å². The third-order valence-corrected chi connectivity index (χ3v) is 1.55. The average molecular weight is 182 g/mol. The minimum Gasteiger partial charge on any atom is -0.488 e. The zero-order valence-electron chi connectivity index (χ0n) is 7.99. The number of rotatable bonds is 5. The van der Waals surface area contributed by atoms with Crippen molar-refractivity contribution in [3.05, 3.63) is 18.2 Å². The summed E-state index contributed by atoms with van der Waals surface area (Å²) < 4.78 is 10.1. The molecule has 0 unspecified atom stereocenters. The maximum Gasteiger partial charge on any atom is 0.156 e. The van der Waals surface area contributed by atoms with Gasteiger partial charge in [-0.05, 0) is 0 Å². The van der Waals surface area contributed by atoms with Gasteiger partial charge in [-0.2, -0.15) is 0 Å². The van der Waals surface area contributed by atoms with Crippen molar-refractivity contribution in [3.8, 4) is 5.75 Å². The summed E-state index contributed by atoms with van der Waals surface area (Å²) in [6, 6.07) is 0. The summed E-state index contributed by atoms with van der Waals surface area (Å²) in [4.78, 5) is 8.20. The molecule has 0 fully saturated rings. The number of ether oxygens (including phenoxy) is 2. The van der Waals surface area contributed by atoms with Crippen molar-refractivity contribution in [2.75, 3.05) is 20.3 Å². The van der Waals surface area contributed by atoms with Crippen LogP contribution in [0.2, 0.25) is 0 Å². The van der Waals surface area contributed by atoms with E-state index in [0.29, 0.717) is 19.0 Å². The van der Waals surface area contributed by atoms with Crippen LogP contribution in [0.5, 0.6) is 5.75 Å². The molecular weight excluding hydrogens is 168 g/mol. The van der Waals surface area contributed by atoms with Gasteiger partial charge in [-0.25, -0.2) is 9.97 Å². The van der Waals surface area contributed by atoms with Gasteiger partial charge in [0.25, 0.3) is 0 Å². The summed E-state index contributed by atoms with van der Waals surface area (Å²) in [5.74, 6) is 1.52. The molecule has 0 radical (unpaired) electrons. The molecule has 0 aliphatic heterocycles. The summed E-state index contributed by atoms with van der Waals surface area (Å²) in [5, 5.41) is 0. The van der Waals surface area contributed by atoms with Crippen LogP contribution >= 0.6 is 0 Å². The highest BCUT2D eigenvalue weighted by Gasteiger charge is 1.95.